The zero-order valence-electron chi connectivity index (χ0n) is 15.4. The van der Waals surface area contributed by atoms with E-state index in [1.165, 1.54) is 32.0 Å². The number of halogens is 3. The van der Waals surface area contributed by atoms with Crippen molar-refractivity contribution in [2.24, 2.45) is 0 Å². The van der Waals surface area contributed by atoms with E-state index in [1.807, 2.05) is 0 Å². The van der Waals surface area contributed by atoms with Gasteiger partial charge in [-0.25, -0.2) is 0 Å². The maximum absolute atomic E-state index is 13.1. The molecule has 0 radical (unpaired) electrons. The van der Waals surface area contributed by atoms with Gasteiger partial charge in [0.25, 0.3) is 0 Å². The monoisotopic (exact) mass is 392 g/mol. The van der Waals surface area contributed by atoms with Crippen molar-refractivity contribution in [2.45, 2.75) is 38.5 Å². The van der Waals surface area contributed by atoms with Gasteiger partial charge in [-0.3, -0.25) is 9.59 Å². The molecule has 0 spiro atoms. The highest BCUT2D eigenvalue weighted by Crippen LogP contribution is 2.40. The summed E-state index contributed by atoms with van der Waals surface area (Å²) in [6.07, 6.45) is -3.69. The third kappa shape index (κ3) is 3.80. The Morgan fingerprint density at radius 3 is 2.46 bits per heavy atom. The van der Waals surface area contributed by atoms with Crippen molar-refractivity contribution in [1.82, 2.24) is 0 Å². The minimum absolute atomic E-state index is 0.0817. The van der Waals surface area contributed by atoms with Gasteiger partial charge in [-0.15, -0.1) is 0 Å². The summed E-state index contributed by atoms with van der Waals surface area (Å²) in [6, 6.07) is 7.91. The first-order chi connectivity index (χ1) is 13.0. The molecular weight excluding hydrogens is 373 g/mol. The fraction of sp³-hybridized carbons (Fsp3) is 0.333. The number of aliphatic hydroxyl groups excluding tert-OH is 1. The van der Waals surface area contributed by atoms with E-state index in [2.05, 4.69) is 0 Å². The topological polar surface area (TPSA) is 63.6 Å². The van der Waals surface area contributed by atoms with Crippen LogP contribution in [-0.4, -0.2) is 28.9 Å². The Balaban J connectivity index is 2.15. The number of benzene rings is 2. The minimum Gasteiger partial charge on any atom is -0.479 e. The molecule has 0 unspecified atom stereocenters. The average molecular weight is 392 g/mol. The number of rotatable bonds is 5. The zero-order chi connectivity index (χ0) is 20.7. The van der Waals surface area contributed by atoms with Gasteiger partial charge in [-0.1, -0.05) is 12.1 Å². The van der Waals surface area contributed by atoms with E-state index in [-0.39, 0.29) is 17.1 Å². The number of aliphatic hydroxyl groups is 1. The van der Waals surface area contributed by atoms with Crippen molar-refractivity contribution in [3.05, 3.63) is 53.1 Å². The molecule has 0 saturated carbocycles. The van der Waals surface area contributed by atoms with Gasteiger partial charge >= 0.3 is 6.18 Å². The zero-order valence-corrected chi connectivity index (χ0v) is 15.4. The number of hydrogen-bond donors (Lipinski definition) is 1. The van der Waals surface area contributed by atoms with Crippen LogP contribution in [0.4, 0.5) is 13.2 Å². The third-order valence-electron chi connectivity index (χ3n) is 4.81. The summed E-state index contributed by atoms with van der Waals surface area (Å²) >= 11 is 0. The molecule has 0 aliphatic heterocycles. The van der Waals surface area contributed by atoms with Gasteiger partial charge in [-0.2, -0.15) is 13.2 Å². The van der Waals surface area contributed by atoms with Crippen LogP contribution in [0.25, 0.3) is 11.1 Å². The number of ketones is 2. The summed E-state index contributed by atoms with van der Waals surface area (Å²) in [5.74, 6) is -0.545. The summed E-state index contributed by atoms with van der Waals surface area (Å²) in [7, 11) is 0. The standard InChI is InChI=1S/C21H19F3O4/c1-20(2,19(27)11-25)28-18-10-15-13(6-7-17(15)26)9-16(18)12-4-3-5-14(8-12)21(22,23)24/h3-5,8-10,25H,6-7,11H2,1-2H3. The van der Waals surface area contributed by atoms with E-state index in [0.717, 1.165) is 17.7 Å². The summed E-state index contributed by atoms with van der Waals surface area (Å²) in [6.45, 7) is 2.17. The molecule has 0 saturated heterocycles. The second kappa shape index (κ2) is 7.05. The fourth-order valence-corrected chi connectivity index (χ4v) is 3.17. The van der Waals surface area contributed by atoms with Crippen LogP contribution in [-0.2, 0) is 17.4 Å². The van der Waals surface area contributed by atoms with Gasteiger partial charge in [0.1, 0.15) is 12.4 Å². The molecule has 0 fully saturated rings. The lowest BCUT2D eigenvalue weighted by Crippen LogP contribution is -2.40. The number of ether oxygens (including phenoxy) is 1. The number of alkyl halides is 3. The highest BCUT2D eigenvalue weighted by atomic mass is 19.4. The molecule has 3 rings (SSSR count). The van der Waals surface area contributed by atoms with Gasteiger partial charge < -0.3 is 9.84 Å². The molecule has 0 bridgehead atoms. The summed E-state index contributed by atoms with van der Waals surface area (Å²) < 4.78 is 45.2. The second-order valence-electron chi connectivity index (χ2n) is 7.20. The van der Waals surface area contributed by atoms with E-state index in [4.69, 9.17) is 9.84 Å². The van der Waals surface area contributed by atoms with Gasteiger partial charge in [0.05, 0.1) is 5.56 Å². The number of carbonyl (C=O) groups is 2. The third-order valence-corrected chi connectivity index (χ3v) is 4.81. The molecule has 1 N–H and O–H groups in total. The number of aryl methyl sites for hydroxylation is 1. The number of Topliss-reactive ketones (excluding diaryl/α,β-unsaturated/α-hetero) is 2. The van der Waals surface area contributed by atoms with Crippen molar-refractivity contribution in [2.75, 3.05) is 6.61 Å². The largest absolute Gasteiger partial charge is 0.479 e. The molecular formula is C21H19F3O4. The average Bonchev–Trinajstić information content (AvgIpc) is 2.99. The summed E-state index contributed by atoms with van der Waals surface area (Å²) in [5, 5.41) is 9.15. The van der Waals surface area contributed by atoms with E-state index in [9.17, 15) is 22.8 Å². The van der Waals surface area contributed by atoms with Gasteiger partial charge in [0.2, 0.25) is 5.78 Å². The second-order valence-corrected chi connectivity index (χ2v) is 7.20. The number of fused-ring (bicyclic) bond motifs is 1. The molecule has 7 heteroatoms. The predicted molar refractivity (Wildman–Crippen MR) is 96.3 cm³/mol. The first-order valence-corrected chi connectivity index (χ1v) is 8.74. The van der Waals surface area contributed by atoms with Crippen LogP contribution in [0.15, 0.2) is 36.4 Å². The lowest BCUT2D eigenvalue weighted by Gasteiger charge is -2.26. The Bertz CT molecular complexity index is 945. The van der Waals surface area contributed by atoms with E-state index < -0.39 is 29.7 Å². The minimum atomic E-state index is -4.50. The lowest BCUT2D eigenvalue weighted by atomic mass is 9.96. The Kier molecular flexibility index (Phi) is 5.06. The van der Waals surface area contributed by atoms with E-state index in [1.54, 1.807) is 6.07 Å². The molecule has 4 nitrogen and oxygen atoms in total. The lowest BCUT2D eigenvalue weighted by molar-refractivity contribution is -0.137. The van der Waals surface area contributed by atoms with Crippen LogP contribution in [0, 0.1) is 0 Å². The SMILES string of the molecule is CC(C)(Oc1cc2c(cc1-c1cccc(C(F)(F)F)c1)CCC2=O)C(=O)CO. The molecule has 28 heavy (non-hydrogen) atoms. The molecule has 0 atom stereocenters. The summed E-state index contributed by atoms with van der Waals surface area (Å²) in [4.78, 5) is 24.1. The molecule has 148 valence electrons. The fourth-order valence-electron chi connectivity index (χ4n) is 3.17. The van der Waals surface area contributed by atoms with Crippen molar-refractivity contribution >= 4 is 11.6 Å². The van der Waals surface area contributed by atoms with E-state index >= 15 is 0 Å². The quantitative estimate of drug-likeness (QED) is 0.828. The van der Waals surface area contributed by atoms with Crippen molar-refractivity contribution in [3.8, 4) is 16.9 Å². The predicted octanol–water partition coefficient (Wildman–Crippen LogP) is 4.22. The van der Waals surface area contributed by atoms with Gasteiger partial charge in [0.15, 0.2) is 11.4 Å². The molecule has 2 aromatic rings. The van der Waals surface area contributed by atoms with Crippen LogP contribution in [0.2, 0.25) is 0 Å². The van der Waals surface area contributed by atoms with Gasteiger partial charge in [-0.05, 0) is 55.7 Å². The Hall–Kier alpha value is -2.67. The van der Waals surface area contributed by atoms with E-state index in [0.29, 0.717) is 24.0 Å². The van der Waals surface area contributed by atoms with Crippen LogP contribution in [0.5, 0.6) is 5.75 Å². The maximum Gasteiger partial charge on any atom is 0.416 e. The first kappa shape index (κ1) is 20.1. The molecule has 0 amide bonds. The molecule has 0 aromatic heterocycles. The van der Waals surface area contributed by atoms with Crippen molar-refractivity contribution < 1.29 is 32.6 Å². The smallest absolute Gasteiger partial charge is 0.416 e. The van der Waals surface area contributed by atoms with Crippen LogP contribution >= 0.6 is 0 Å². The molecule has 1 aliphatic carbocycles. The van der Waals surface area contributed by atoms with Crippen molar-refractivity contribution in [3.63, 3.8) is 0 Å². The molecule has 0 heterocycles. The van der Waals surface area contributed by atoms with Crippen LogP contribution < -0.4 is 4.74 Å². The number of carbonyl (C=O) groups excluding carboxylic acids is 2. The van der Waals surface area contributed by atoms with Crippen LogP contribution in [0.3, 0.4) is 0 Å². The number of hydrogen-bond acceptors (Lipinski definition) is 4. The first-order valence-electron chi connectivity index (χ1n) is 8.74. The maximum atomic E-state index is 13.1. The van der Waals surface area contributed by atoms with Crippen molar-refractivity contribution in [1.29, 1.82) is 0 Å². The summed E-state index contributed by atoms with van der Waals surface area (Å²) in [5.41, 5.74) is -0.425. The normalized spacial score (nSPS) is 14.1. The van der Waals surface area contributed by atoms with Gasteiger partial charge in [0, 0.05) is 17.5 Å². The van der Waals surface area contributed by atoms with Crippen LogP contribution in [0.1, 0.15) is 41.8 Å². The highest BCUT2D eigenvalue weighted by Gasteiger charge is 2.33. The molecule has 2 aromatic carbocycles. The molecule has 1 aliphatic rings. The Labute approximate surface area is 159 Å². The Morgan fingerprint density at radius 1 is 1.11 bits per heavy atom. The highest BCUT2D eigenvalue weighted by molar-refractivity contribution is 6.02. The Morgan fingerprint density at radius 2 is 1.82 bits per heavy atom.